The van der Waals surface area contributed by atoms with Gasteiger partial charge in [0.05, 0.1) is 5.54 Å². The average molecular weight is 391 g/mol. The van der Waals surface area contributed by atoms with Gasteiger partial charge in [0.1, 0.15) is 4.90 Å². The zero-order valence-corrected chi connectivity index (χ0v) is 16.9. The van der Waals surface area contributed by atoms with Crippen molar-refractivity contribution in [2.75, 3.05) is 26.2 Å². The molecule has 0 N–H and O–H groups in total. The van der Waals surface area contributed by atoms with E-state index in [1.54, 1.807) is 17.0 Å². The van der Waals surface area contributed by atoms with Gasteiger partial charge in [0.2, 0.25) is 10.0 Å². The van der Waals surface area contributed by atoms with Crippen LogP contribution in [0.25, 0.3) is 0 Å². The molecule has 0 radical (unpaired) electrons. The van der Waals surface area contributed by atoms with Gasteiger partial charge in [-0.05, 0) is 45.9 Å². The smallest absolute Gasteiger partial charge is 0.274 e. The summed E-state index contributed by atoms with van der Waals surface area (Å²) in [5.74, 6) is -0.167. The number of hydrogen-bond donors (Lipinski definition) is 0. The van der Waals surface area contributed by atoms with E-state index in [1.807, 2.05) is 32.4 Å². The Balaban J connectivity index is 1.70. The Kier molecular flexibility index (Phi) is 5.09. The maximum atomic E-state index is 12.8. The number of rotatable bonds is 3. The van der Waals surface area contributed by atoms with Crippen molar-refractivity contribution in [3.05, 3.63) is 42.0 Å². The summed E-state index contributed by atoms with van der Waals surface area (Å²) in [5.41, 5.74) is 1.11. The van der Waals surface area contributed by atoms with Crippen molar-refractivity contribution >= 4 is 15.9 Å². The molecule has 2 aromatic heterocycles. The zero-order valence-electron chi connectivity index (χ0n) is 16.1. The molecule has 27 heavy (non-hydrogen) atoms. The lowest BCUT2D eigenvalue weighted by atomic mass is 10.1. The number of aromatic nitrogens is 3. The van der Waals surface area contributed by atoms with Gasteiger partial charge in [-0.1, -0.05) is 0 Å². The minimum absolute atomic E-state index is 0.167. The highest BCUT2D eigenvalue weighted by Gasteiger charge is 2.31. The summed E-state index contributed by atoms with van der Waals surface area (Å²) in [5, 5.41) is 4.46. The molecular formula is C18H25N5O3S. The third-order valence-electron chi connectivity index (χ3n) is 4.54. The Morgan fingerprint density at radius 1 is 1.15 bits per heavy atom. The number of amides is 1. The quantitative estimate of drug-likeness (QED) is 0.791. The van der Waals surface area contributed by atoms with Crippen molar-refractivity contribution in [2.24, 2.45) is 0 Å². The second-order valence-electron chi connectivity index (χ2n) is 7.64. The Hall–Kier alpha value is -2.26. The minimum Gasteiger partial charge on any atom is -0.335 e. The van der Waals surface area contributed by atoms with E-state index in [-0.39, 0.29) is 29.4 Å². The van der Waals surface area contributed by atoms with Gasteiger partial charge in [-0.25, -0.2) is 8.42 Å². The molecule has 1 amide bonds. The second kappa shape index (κ2) is 7.05. The van der Waals surface area contributed by atoms with Crippen molar-refractivity contribution in [1.29, 1.82) is 0 Å². The maximum absolute atomic E-state index is 12.8. The molecule has 1 aliphatic rings. The van der Waals surface area contributed by atoms with E-state index < -0.39 is 10.0 Å². The van der Waals surface area contributed by atoms with Crippen molar-refractivity contribution in [3.8, 4) is 0 Å². The molecule has 0 aliphatic carbocycles. The molecule has 0 atom stereocenters. The van der Waals surface area contributed by atoms with E-state index in [2.05, 4.69) is 10.1 Å². The molecule has 2 aromatic rings. The molecule has 1 saturated heterocycles. The van der Waals surface area contributed by atoms with Crippen molar-refractivity contribution < 1.29 is 13.2 Å². The highest BCUT2D eigenvalue weighted by Crippen LogP contribution is 2.20. The molecule has 0 spiro atoms. The lowest BCUT2D eigenvalue weighted by molar-refractivity contribution is 0.0690. The number of piperazine rings is 1. The number of carbonyl (C=O) groups is 1. The molecule has 146 valence electrons. The van der Waals surface area contributed by atoms with Crippen LogP contribution in [0, 0.1) is 6.92 Å². The molecule has 3 rings (SSSR count). The lowest BCUT2D eigenvalue weighted by Crippen LogP contribution is -2.50. The van der Waals surface area contributed by atoms with Gasteiger partial charge in [0, 0.05) is 44.3 Å². The summed E-state index contributed by atoms with van der Waals surface area (Å²) in [6.07, 6.45) is 2.88. The first-order chi connectivity index (χ1) is 12.6. The normalized spacial score (nSPS) is 16.5. The van der Waals surface area contributed by atoms with Gasteiger partial charge < -0.3 is 4.90 Å². The fourth-order valence-electron chi connectivity index (χ4n) is 3.20. The molecule has 0 saturated carbocycles. The first-order valence-corrected chi connectivity index (χ1v) is 10.3. The molecule has 1 aliphatic heterocycles. The summed E-state index contributed by atoms with van der Waals surface area (Å²) in [7, 11) is -3.58. The summed E-state index contributed by atoms with van der Waals surface area (Å²) in [6, 6.07) is 4.91. The standard InChI is InChI=1S/C18H25N5O3S/c1-14-12-16(20-23(14)18(2,3)4)17(24)21-8-10-22(11-9-21)27(25,26)15-6-5-7-19-13-15/h5-7,12-13H,8-11H2,1-4H3. The van der Waals surface area contributed by atoms with E-state index in [0.717, 1.165) is 5.69 Å². The largest absolute Gasteiger partial charge is 0.335 e. The number of pyridine rings is 1. The number of carbonyl (C=O) groups excluding carboxylic acids is 1. The third kappa shape index (κ3) is 3.89. The predicted octanol–water partition coefficient (Wildman–Crippen LogP) is 1.49. The second-order valence-corrected chi connectivity index (χ2v) is 9.58. The number of hydrogen-bond acceptors (Lipinski definition) is 5. The van der Waals surface area contributed by atoms with Gasteiger partial charge in [0.25, 0.3) is 5.91 Å². The van der Waals surface area contributed by atoms with Gasteiger partial charge in [0.15, 0.2) is 5.69 Å². The lowest BCUT2D eigenvalue weighted by Gasteiger charge is -2.33. The van der Waals surface area contributed by atoms with Crippen LogP contribution in [0.3, 0.4) is 0 Å². The first-order valence-electron chi connectivity index (χ1n) is 8.87. The molecule has 3 heterocycles. The molecular weight excluding hydrogens is 366 g/mol. The van der Waals surface area contributed by atoms with Gasteiger partial charge in [-0.15, -0.1) is 0 Å². The topological polar surface area (TPSA) is 88.4 Å². The summed E-state index contributed by atoms with van der Waals surface area (Å²) >= 11 is 0. The molecule has 0 aromatic carbocycles. The highest BCUT2D eigenvalue weighted by molar-refractivity contribution is 7.89. The fourth-order valence-corrected chi connectivity index (χ4v) is 4.59. The van der Waals surface area contributed by atoms with Crippen molar-refractivity contribution in [1.82, 2.24) is 24.0 Å². The maximum Gasteiger partial charge on any atom is 0.274 e. The van der Waals surface area contributed by atoms with E-state index >= 15 is 0 Å². The van der Waals surface area contributed by atoms with Gasteiger partial charge in [-0.3, -0.25) is 14.5 Å². The Morgan fingerprint density at radius 2 is 1.81 bits per heavy atom. The van der Waals surface area contributed by atoms with Crippen LogP contribution in [0.2, 0.25) is 0 Å². The first kappa shape index (κ1) is 19.5. The molecule has 9 heteroatoms. The van der Waals surface area contributed by atoms with Crippen molar-refractivity contribution in [3.63, 3.8) is 0 Å². The molecule has 0 bridgehead atoms. The zero-order chi connectivity index (χ0) is 19.8. The third-order valence-corrected chi connectivity index (χ3v) is 6.42. The van der Waals surface area contributed by atoms with E-state index in [4.69, 9.17) is 0 Å². The molecule has 0 unspecified atom stereocenters. The van der Waals surface area contributed by atoms with Crippen LogP contribution >= 0.6 is 0 Å². The van der Waals surface area contributed by atoms with Crippen LogP contribution in [0.5, 0.6) is 0 Å². The van der Waals surface area contributed by atoms with Crippen molar-refractivity contribution in [2.45, 2.75) is 38.1 Å². The predicted molar refractivity (Wildman–Crippen MR) is 101 cm³/mol. The van der Waals surface area contributed by atoms with Crippen LogP contribution in [-0.2, 0) is 15.6 Å². The van der Waals surface area contributed by atoms with Crippen LogP contribution in [0.15, 0.2) is 35.5 Å². The van der Waals surface area contributed by atoms with Gasteiger partial charge in [-0.2, -0.15) is 9.40 Å². The van der Waals surface area contributed by atoms with E-state index in [0.29, 0.717) is 18.8 Å². The fraction of sp³-hybridized carbons (Fsp3) is 0.500. The van der Waals surface area contributed by atoms with E-state index in [9.17, 15) is 13.2 Å². The molecule has 8 nitrogen and oxygen atoms in total. The monoisotopic (exact) mass is 391 g/mol. The Labute approximate surface area is 159 Å². The molecule has 1 fully saturated rings. The summed E-state index contributed by atoms with van der Waals surface area (Å²) in [6.45, 7) is 9.19. The van der Waals surface area contributed by atoms with Crippen LogP contribution in [0.1, 0.15) is 37.0 Å². The number of sulfonamides is 1. The SMILES string of the molecule is Cc1cc(C(=O)N2CCN(S(=O)(=O)c3cccnc3)CC2)nn1C(C)(C)C. The highest BCUT2D eigenvalue weighted by atomic mass is 32.2. The average Bonchev–Trinajstić information content (AvgIpc) is 3.04. The number of nitrogens with zero attached hydrogens (tertiary/aromatic N) is 5. The van der Waals surface area contributed by atoms with E-state index in [1.165, 1.54) is 22.8 Å². The Bertz CT molecular complexity index is 924. The van der Waals surface area contributed by atoms with Gasteiger partial charge >= 0.3 is 0 Å². The summed E-state index contributed by atoms with van der Waals surface area (Å²) in [4.78, 5) is 18.5. The van der Waals surface area contributed by atoms with Crippen LogP contribution < -0.4 is 0 Å². The minimum atomic E-state index is -3.58. The van der Waals surface area contributed by atoms with Crippen LogP contribution in [0.4, 0.5) is 0 Å². The number of aryl methyl sites for hydroxylation is 1. The van der Waals surface area contributed by atoms with Crippen LogP contribution in [-0.4, -0.2) is 64.5 Å². The summed E-state index contributed by atoms with van der Waals surface area (Å²) < 4.78 is 28.6. The Morgan fingerprint density at radius 3 is 2.33 bits per heavy atom.